The molecule has 1 atom stereocenters. The summed E-state index contributed by atoms with van der Waals surface area (Å²) in [5.41, 5.74) is 9.89. The maximum atomic E-state index is 11.0. The first-order valence-electron chi connectivity index (χ1n) is 6.46. The van der Waals surface area contributed by atoms with Crippen LogP contribution in [-0.2, 0) is 14.3 Å². The molecule has 0 heterocycles. The molecule has 0 aromatic carbocycles. The van der Waals surface area contributed by atoms with Crippen LogP contribution < -0.4 is 11.5 Å². The van der Waals surface area contributed by atoms with Crippen LogP contribution in [-0.4, -0.2) is 36.9 Å². The van der Waals surface area contributed by atoms with E-state index >= 15 is 0 Å². The third-order valence-electron chi connectivity index (χ3n) is 2.56. The van der Waals surface area contributed by atoms with Gasteiger partial charge < -0.3 is 20.9 Å². The van der Waals surface area contributed by atoms with Gasteiger partial charge in [0.1, 0.15) is 0 Å². The number of primary amides is 1. The van der Waals surface area contributed by atoms with Crippen molar-refractivity contribution in [3.63, 3.8) is 0 Å². The van der Waals surface area contributed by atoms with Gasteiger partial charge in [0.25, 0.3) is 0 Å². The standard InChI is InChI=1S/C13H28N2O3/c1-12(2,3)18-10-9-17-8-6-5-7-13(4,15)11(14)16/h5-10,15H2,1-4H3,(H2,14,16). The number of carbonyl (C=O) groups excluding carboxylic acids is 1. The van der Waals surface area contributed by atoms with E-state index in [-0.39, 0.29) is 5.60 Å². The topological polar surface area (TPSA) is 87.6 Å². The number of hydrogen-bond donors (Lipinski definition) is 2. The Morgan fingerprint density at radius 3 is 2.17 bits per heavy atom. The largest absolute Gasteiger partial charge is 0.379 e. The molecule has 0 radical (unpaired) electrons. The molecule has 0 rings (SSSR count). The van der Waals surface area contributed by atoms with E-state index in [1.54, 1.807) is 6.92 Å². The highest BCUT2D eigenvalue weighted by Gasteiger charge is 2.24. The molecule has 5 heteroatoms. The van der Waals surface area contributed by atoms with E-state index in [0.717, 1.165) is 12.8 Å². The molecule has 0 aromatic heterocycles. The van der Waals surface area contributed by atoms with Gasteiger partial charge in [0.05, 0.1) is 24.4 Å². The van der Waals surface area contributed by atoms with Gasteiger partial charge in [0.15, 0.2) is 0 Å². The van der Waals surface area contributed by atoms with Crippen LogP contribution in [0.25, 0.3) is 0 Å². The second-order valence-corrected chi connectivity index (χ2v) is 5.81. The van der Waals surface area contributed by atoms with Crippen molar-refractivity contribution in [2.24, 2.45) is 11.5 Å². The lowest BCUT2D eigenvalue weighted by atomic mass is 9.96. The van der Waals surface area contributed by atoms with Gasteiger partial charge in [-0.25, -0.2) is 0 Å². The van der Waals surface area contributed by atoms with E-state index < -0.39 is 11.4 Å². The van der Waals surface area contributed by atoms with Crippen molar-refractivity contribution in [1.29, 1.82) is 0 Å². The second-order valence-electron chi connectivity index (χ2n) is 5.81. The van der Waals surface area contributed by atoms with E-state index in [1.807, 2.05) is 20.8 Å². The van der Waals surface area contributed by atoms with Crippen LogP contribution in [0.1, 0.15) is 47.0 Å². The van der Waals surface area contributed by atoms with E-state index in [0.29, 0.717) is 26.2 Å². The zero-order valence-electron chi connectivity index (χ0n) is 12.1. The molecule has 0 bridgehead atoms. The summed E-state index contributed by atoms with van der Waals surface area (Å²) in [4.78, 5) is 11.0. The fraction of sp³-hybridized carbons (Fsp3) is 0.923. The number of unbranched alkanes of at least 4 members (excludes halogenated alkanes) is 1. The molecule has 0 saturated carbocycles. The van der Waals surface area contributed by atoms with Crippen molar-refractivity contribution >= 4 is 5.91 Å². The SMILES string of the molecule is CC(C)(C)OCCOCCCCC(C)(N)C(N)=O. The molecule has 0 aromatic rings. The van der Waals surface area contributed by atoms with Gasteiger partial charge in [-0.05, 0) is 47.0 Å². The molecule has 4 N–H and O–H groups in total. The minimum atomic E-state index is -0.907. The summed E-state index contributed by atoms with van der Waals surface area (Å²) >= 11 is 0. The van der Waals surface area contributed by atoms with Crippen LogP contribution in [0.4, 0.5) is 0 Å². The van der Waals surface area contributed by atoms with Gasteiger partial charge in [-0.3, -0.25) is 4.79 Å². The molecule has 0 aliphatic carbocycles. The van der Waals surface area contributed by atoms with Crippen molar-refractivity contribution in [1.82, 2.24) is 0 Å². The van der Waals surface area contributed by atoms with E-state index in [4.69, 9.17) is 20.9 Å². The monoisotopic (exact) mass is 260 g/mol. The summed E-state index contributed by atoms with van der Waals surface area (Å²) in [5.74, 6) is -0.456. The van der Waals surface area contributed by atoms with Crippen molar-refractivity contribution in [2.75, 3.05) is 19.8 Å². The number of hydrogen-bond acceptors (Lipinski definition) is 4. The molecule has 0 fully saturated rings. The average Bonchev–Trinajstić information content (AvgIpc) is 2.20. The van der Waals surface area contributed by atoms with Gasteiger partial charge in [-0.15, -0.1) is 0 Å². The molecular formula is C13H28N2O3. The Labute approximate surface area is 110 Å². The minimum Gasteiger partial charge on any atom is -0.379 e. The second kappa shape index (κ2) is 7.71. The molecule has 0 spiro atoms. The van der Waals surface area contributed by atoms with Crippen LogP contribution >= 0.6 is 0 Å². The molecule has 0 aliphatic rings. The third-order valence-corrected chi connectivity index (χ3v) is 2.56. The number of rotatable bonds is 9. The first-order valence-corrected chi connectivity index (χ1v) is 6.46. The summed E-state index contributed by atoms with van der Waals surface area (Å²) in [7, 11) is 0. The summed E-state index contributed by atoms with van der Waals surface area (Å²) in [5, 5.41) is 0. The lowest BCUT2D eigenvalue weighted by Gasteiger charge is -2.20. The molecule has 0 aliphatic heterocycles. The highest BCUT2D eigenvalue weighted by molar-refractivity contribution is 5.83. The zero-order chi connectivity index (χ0) is 14.2. The smallest absolute Gasteiger partial charge is 0.237 e. The summed E-state index contributed by atoms with van der Waals surface area (Å²) < 4.78 is 10.9. The fourth-order valence-corrected chi connectivity index (χ4v) is 1.33. The first kappa shape index (κ1) is 17.4. The summed E-state index contributed by atoms with van der Waals surface area (Å²) in [6.45, 7) is 9.54. The maximum Gasteiger partial charge on any atom is 0.237 e. The average molecular weight is 260 g/mol. The summed E-state index contributed by atoms with van der Waals surface area (Å²) in [6, 6.07) is 0. The van der Waals surface area contributed by atoms with Crippen molar-refractivity contribution in [3.8, 4) is 0 Å². The predicted octanol–water partition coefficient (Wildman–Crippen LogP) is 1.19. The quantitative estimate of drug-likeness (QED) is 0.610. The Balaban J connectivity index is 3.40. The molecule has 0 saturated heterocycles. The van der Waals surface area contributed by atoms with Crippen LogP contribution in [0, 0.1) is 0 Å². The Hall–Kier alpha value is -0.650. The van der Waals surface area contributed by atoms with Gasteiger partial charge in [0.2, 0.25) is 5.91 Å². The lowest BCUT2D eigenvalue weighted by Crippen LogP contribution is -2.49. The first-order chi connectivity index (χ1) is 8.15. The van der Waals surface area contributed by atoms with E-state index in [2.05, 4.69) is 0 Å². The van der Waals surface area contributed by atoms with E-state index in [1.165, 1.54) is 0 Å². The predicted molar refractivity (Wildman–Crippen MR) is 72.2 cm³/mol. The molecule has 5 nitrogen and oxygen atoms in total. The molecule has 1 amide bonds. The van der Waals surface area contributed by atoms with Crippen LogP contribution in [0.2, 0.25) is 0 Å². The number of ether oxygens (including phenoxy) is 2. The Morgan fingerprint density at radius 1 is 1.06 bits per heavy atom. The molecule has 18 heavy (non-hydrogen) atoms. The highest BCUT2D eigenvalue weighted by Crippen LogP contribution is 2.10. The number of carbonyl (C=O) groups is 1. The van der Waals surface area contributed by atoms with Gasteiger partial charge in [-0.1, -0.05) is 0 Å². The van der Waals surface area contributed by atoms with Crippen LogP contribution in [0.5, 0.6) is 0 Å². The Bertz CT molecular complexity index is 247. The molecular weight excluding hydrogens is 232 g/mol. The van der Waals surface area contributed by atoms with Crippen LogP contribution in [0.3, 0.4) is 0 Å². The minimum absolute atomic E-state index is 0.119. The van der Waals surface area contributed by atoms with Gasteiger partial charge in [0, 0.05) is 6.61 Å². The van der Waals surface area contributed by atoms with Gasteiger partial charge >= 0.3 is 0 Å². The Morgan fingerprint density at radius 2 is 1.67 bits per heavy atom. The number of nitrogens with two attached hydrogens (primary N) is 2. The molecule has 108 valence electrons. The maximum absolute atomic E-state index is 11.0. The van der Waals surface area contributed by atoms with Crippen LogP contribution in [0.15, 0.2) is 0 Å². The van der Waals surface area contributed by atoms with Crippen molar-refractivity contribution < 1.29 is 14.3 Å². The summed E-state index contributed by atoms with van der Waals surface area (Å²) in [6.07, 6.45) is 2.29. The molecule has 1 unspecified atom stereocenters. The van der Waals surface area contributed by atoms with Gasteiger partial charge in [-0.2, -0.15) is 0 Å². The zero-order valence-corrected chi connectivity index (χ0v) is 12.1. The van der Waals surface area contributed by atoms with Crippen molar-refractivity contribution in [2.45, 2.75) is 58.1 Å². The fourth-order valence-electron chi connectivity index (χ4n) is 1.33. The third kappa shape index (κ3) is 9.39. The van der Waals surface area contributed by atoms with Crippen molar-refractivity contribution in [3.05, 3.63) is 0 Å². The normalized spacial score (nSPS) is 15.4. The highest BCUT2D eigenvalue weighted by atomic mass is 16.5. The lowest BCUT2D eigenvalue weighted by molar-refractivity contribution is -0.122. The van der Waals surface area contributed by atoms with E-state index in [9.17, 15) is 4.79 Å². The number of amides is 1. The Kier molecular flexibility index (Phi) is 7.43.